The summed E-state index contributed by atoms with van der Waals surface area (Å²) in [6, 6.07) is 9.11. The monoisotopic (exact) mass is 380 g/mol. The molecule has 4 aliphatic rings. The maximum atomic E-state index is 12.4. The van der Waals surface area contributed by atoms with Crippen LogP contribution in [0, 0.1) is 23.7 Å². The zero-order valence-electron chi connectivity index (χ0n) is 17.6. The quantitative estimate of drug-likeness (QED) is 0.823. The van der Waals surface area contributed by atoms with Crippen LogP contribution in [0.5, 0.6) is 0 Å². The molecule has 1 aromatic carbocycles. The molecule has 3 heteroatoms. The number of hydrogen-bond acceptors (Lipinski definition) is 2. The second kappa shape index (κ2) is 7.16. The number of nitrogens with one attached hydrogen (secondary N) is 1. The van der Waals surface area contributed by atoms with Crippen molar-refractivity contribution in [3.05, 3.63) is 35.4 Å². The van der Waals surface area contributed by atoms with E-state index in [1.54, 1.807) is 0 Å². The molecule has 28 heavy (non-hydrogen) atoms. The van der Waals surface area contributed by atoms with Gasteiger partial charge < -0.3 is 10.2 Å². The molecule has 4 atom stereocenters. The molecule has 5 rings (SSSR count). The van der Waals surface area contributed by atoms with Crippen molar-refractivity contribution in [2.24, 2.45) is 23.7 Å². The van der Waals surface area contributed by atoms with Gasteiger partial charge in [-0.05, 0) is 80.5 Å². The molecule has 0 radical (unpaired) electrons. The molecular weight excluding hydrogens is 344 g/mol. The molecule has 1 aromatic rings. The summed E-state index contributed by atoms with van der Waals surface area (Å²) in [4.78, 5) is 15.1. The minimum atomic E-state index is 0.0484. The molecule has 0 aromatic heterocycles. The first-order valence-corrected chi connectivity index (χ1v) is 11.7. The highest BCUT2D eigenvalue weighted by Gasteiger charge is 2.47. The highest BCUT2D eigenvalue weighted by atomic mass is 16.1. The van der Waals surface area contributed by atoms with Crippen molar-refractivity contribution in [3.8, 4) is 0 Å². The van der Waals surface area contributed by atoms with Gasteiger partial charge in [0.1, 0.15) is 0 Å². The molecule has 1 amide bonds. The first-order valence-electron chi connectivity index (χ1n) is 11.7. The van der Waals surface area contributed by atoms with Crippen molar-refractivity contribution in [2.45, 2.75) is 70.3 Å². The van der Waals surface area contributed by atoms with Crippen molar-refractivity contribution < 1.29 is 4.79 Å². The molecule has 1 heterocycles. The maximum absolute atomic E-state index is 12.4. The second-order valence-corrected chi connectivity index (χ2v) is 10.5. The van der Waals surface area contributed by atoms with Crippen molar-refractivity contribution in [1.82, 2.24) is 10.2 Å². The number of carbonyl (C=O) groups is 1. The Labute approximate surface area is 170 Å². The molecule has 3 aliphatic carbocycles. The minimum absolute atomic E-state index is 0.0484. The Hall–Kier alpha value is -1.35. The number of piperidine rings is 1. The van der Waals surface area contributed by atoms with Crippen molar-refractivity contribution in [1.29, 1.82) is 0 Å². The first-order chi connectivity index (χ1) is 13.5. The van der Waals surface area contributed by atoms with Gasteiger partial charge in [0.05, 0.1) is 6.04 Å². The van der Waals surface area contributed by atoms with Gasteiger partial charge in [-0.25, -0.2) is 0 Å². The zero-order valence-corrected chi connectivity index (χ0v) is 17.6. The molecule has 2 bridgehead atoms. The van der Waals surface area contributed by atoms with Crippen LogP contribution >= 0.6 is 0 Å². The van der Waals surface area contributed by atoms with E-state index >= 15 is 0 Å². The van der Waals surface area contributed by atoms with Gasteiger partial charge in [-0.2, -0.15) is 0 Å². The number of likely N-dealkylation sites (tertiary alicyclic amines) is 1. The topological polar surface area (TPSA) is 32.3 Å². The van der Waals surface area contributed by atoms with Crippen LogP contribution in [0.3, 0.4) is 0 Å². The summed E-state index contributed by atoms with van der Waals surface area (Å²) in [5.74, 6) is 3.29. The summed E-state index contributed by atoms with van der Waals surface area (Å²) < 4.78 is 0. The highest BCUT2D eigenvalue weighted by Crippen LogP contribution is 2.52. The Bertz CT molecular complexity index is 734. The van der Waals surface area contributed by atoms with E-state index in [1.165, 1.54) is 69.3 Å². The highest BCUT2D eigenvalue weighted by molar-refractivity contribution is 5.78. The van der Waals surface area contributed by atoms with Crippen molar-refractivity contribution in [3.63, 3.8) is 0 Å². The summed E-state index contributed by atoms with van der Waals surface area (Å²) in [5, 5.41) is 3.34. The average molecular weight is 381 g/mol. The van der Waals surface area contributed by atoms with E-state index in [-0.39, 0.29) is 23.3 Å². The lowest BCUT2D eigenvalue weighted by Crippen LogP contribution is -2.44. The molecule has 3 nitrogen and oxygen atoms in total. The van der Waals surface area contributed by atoms with Gasteiger partial charge >= 0.3 is 0 Å². The molecule has 1 aliphatic heterocycles. The van der Waals surface area contributed by atoms with Gasteiger partial charge in [0, 0.05) is 17.9 Å². The number of carbonyl (C=O) groups excluding carboxylic acids is 1. The number of hydrogen-bond donors (Lipinski definition) is 1. The Morgan fingerprint density at radius 1 is 1.18 bits per heavy atom. The number of fused-ring (bicyclic) bond motifs is 4. The largest absolute Gasteiger partial charge is 0.349 e. The predicted octanol–water partition coefficient (Wildman–Crippen LogP) is 4.67. The van der Waals surface area contributed by atoms with Gasteiger partial charge in [0.25, 0.3) is 0 Å². The van der Waals surface area contributed by atoms with Gasteiger partial charge in [0.15, 0.2) is 0 Å². The maximum Gasteiger partial charge on any atom is 0.223 e. The summed E-state index contributed by atoms with van der Waals surface area (Å²) in [6.45, 7) is 7.77. The number of nitrogens with zero attached hydrogens (tertiary/aromatic N) is 1. The van der Waals surface area contributed by atoms with E-state index in [0.29, 0.717) is 0 Å². The summed E-state index contributed by atoms with van der Waals surface area (Å²) in [6.07, 6.45) is 9.61. The SMILES string of the molecule is CC(C)C(=O)N[C@H]1CC2(CCN(C[C@H]3C[C@H]4CCC3C4)CC2)c2ccccc21. The minimum Gasteiger partial charge on any atom is -0.349 e. The molecule has 1 spiro atoms. The third-order valence-electron chi connectivity index (χ3n) is 8.53. The molecular formula is C25H36N2O. The normalized spacial score (nSPS) is 33.5. The summed E-state index contributed by atoms with van der Waals surface area (Å²) in [5.41, 5.74) is 3.16. The fourth-order valence-electron chi connectivity index (χ4n) is 6.93. The molecule has 3 fully saturated rings. The lowest BCUT2D eigenvalue weighted by atomic mass is 9.73. The predicted molar refractivity (Wildman–Crippen MR) is 113 cm³/mol. The molecule has 2 saturated carbocycles. The van der Waals surface area contributed by atoms with Crippen LogP contribution in [0.25, 0.3) is 0 Å². The van der Waals surface area contributed by atoms with Crippen LogP contribution in [0.4, 0.5) is 0 Å². The Kier molecular flexibility index (Phi) is 4.77. The summed E-state index contributed by atoms with van der Waals surface area (Å²) >= 11 is 0. The van der Waals surface area contributed by atoms with E-state index in [1.807, 2.05) is 13.8 Å². The van der Waals surface area contributed by atoms with Gasteiger partial charge in [-0.3, -0.25) is 4.79 Å². The van der Waals surface area contributed by atoms with Crippen LogP contribution in [0.15, 0.2) is 24.3 Å². The average Bonchev–Trinajstić information content (AvgIpc) is 3.39. The molecule has 152 valence electrons. The number of amides is 1. The standard InChI is InChI=1S/C25H36N2O/c1-17(2)24(28)26-23-15-25(22-6-4-3-5-21(22)23)9-11-27(12-10-25)16-20-14-18-7-8-19(20)13-18/h3-6,17-20,23H,7-16H2,1-2H3,(H,26,28)/t18-,19?,20+,23-/m0/s1. The van der Waals surface area contributed by atoms with E-state index in [4.69, 9.17) is 0 Å². The van der Waals surface area contributed by atoms with E-state index in [2.05, 4.69) is 34.5 Å². The van der Waals surface area contributed by atoms with Crippen LogP contribution in [-0.2, 0) is 10.2 Å². The van der Waals surface area contributed by atoms with E-state index in [0.717, 1.165) is 24.2 Å². The fourth-order valence-corrected chi connectivity index (χ4v) is 6.93. The van der Waals surface area contributed by atoms with Crippen LogP contribution in [0.2, 0.25) is 0 Å². The lowest BCUT2D eigenvalue weighted by molar-refractivity contribution is -0.124. The van der Waals surface area contributed by atoms with Crippen molar-refractivity contribution in [2.75, 3.05) is 19.6 Å². The van der Waals surface area contributed by atoms with Gasteiger partial charge in [-0.1, -0.05) is 44.5 Å². The Morgan fingerprint density at radius 2 is 1.96 bits per heavy atom. The Balaban J connectivity index is 1.26. The van der Waals surface area contributed by atoms with Crippen LogP contribution in [-0.4, -0.2) is 30.4 Å². The zero-order chi connectivity index (χ0) is 19.3. The lowest BCUT2D eigenvalue weighted by Gasteiger charge is -2.42. The number of benzene rings is 1. The molecule has 1 saturated heterocycles. The third-order valence-corrected chi connectivity index (χ3v) is 8.53. The molecule has 1 unspecified atom stereocenters. The van der Waals surface area contributed by atoms with Gasteiger partial charge in [-0.15, -0.1) is 0 Å². The van der Waals surface area contributed by atoms with Gasteiger partial charge in [0.2, 0.25) is 5.91 Å². The van der Waals surface area contributed by atoms with Crippen molar-refractivity contribution >= 4 is 5.91 Å². The smallest absolute Gasteiger partial charge is 0.223 e. The van der Waals surface area contributed by atoms with Crippen LogP contribution < -0.4 is 5.32 Å². The van der Waals surface area contributed by atoms with Crippen LogP contribution in [0.1, 0.15) is 76.0 Å². The summed E-state index contributed by atoms with van der Waals surface area (Å²) in [7, 11) is 0. The second-order valence-electron chi connectivity index (χ2n) is 10.5. The first kappa shape index (κ1) is 18.7. The molecule has 1 N–H and O–H groups in total. The van der Waals surface area contributed by atoms with E-state index < -0.39 is 0 Å². The third kappa shape index (κ3) is 3.20. The number of rotatable bonds is 4. The fraction of sp³-hybridized carbons (Fsp3) is 0.720. The Morgan fingerprint density at radius 3 is 2.64 bits per heavy atom. The van der Waals surface area contributed by atoms with E-state index in [9.17, 15) is 4.79 Å².